The molecule has 0 aliphatic rings. The highest BCUT2D eigenvalue weighted by atomic mass is 16.5. The number of nitrogens with one attached hydrogen (secondary N) is 1. The van der Waals surface area contributed by atoms with Gasteiger partial charge in [-0.25, -0.2) is 4.98 Å². The van der Waals surface area contributed by atoms with E-state index >= 15 is 0 Å². The van der Waals surface area contributed by atoms with E-state index in [1.807, 2.05) is 31.2 Å². The number of pyridine rings is 1. The zero-order valence-electron chi connectivity index (χ0n) is 13.2. The van der Waals surface area contributed by atoms with Gasteiger partial charge in [0.2, 0.25) is 0 Å². The number of rotatable bonds is 6. The summed E-state index contributed by atoms with van der Waals surface area (Å²) in [4.78, 5) is 4.77. The van der Waals surface area contributed by atoms with E-state index in [2.05, 4.69) is 30.4 Å². The van der Waals surface area contributed by atoms with E-state index in [1.54, 1.807) is 0 Å². The molecule has 1 heterocycles. The maximum Gasteiger partial charge on any atom is 0.143 e. The van der Waals surface area contributed by atoms with Gasteiger partial charge in [-0.05, 0) is 37.6 Å². The molecule has 1 N–H and O–H groups in total. The molecule has 0 spiro atoms. The van der Waals surface area contributed by atoms with Crippen LogP contribution in [-0.4, -0.2) is 18.1 Å². The summed E-state index contributed by atoms with van der Waals surface area (Å²) in [5.41, 5.74) is 3.09. The van der Waals surface area contributed by atoms with E-state index in [-0.39, 0.29) is 0 Å². The fourth-order valence-corrected chi connectivity index (χ4v) is 2.68. The SMILES string of the molecule is CCCCNc1c(OCC)ccc2nc3ccccc3cc12. The van der Waals surface area contributed by atoms with Crippen LogP contribution in [0.1, 0.15) is 26.7 Å². The molecule has 0 aliphatic heterocycles. The van der Waals surface area contributed by atoms with Crippen molar-refractivity contribution >= 4 is 27.5 Å². The molecule has 0 saturated heterocycles. The summed E-state index contributed by atoms with van der Waals surface area (Å²) >= 11 is 0. The normalized spacial score (nSPS) is 11.0. The Morgan fingerprint density at radius 1 is 1.05 bits per heavy atom. The topological polar surface area (TPSA) is 34.1 Å². The van der Waals surface area contributed by atoms with Crippen LogP contribution in [0.5, 0.6) is 5.75 Å². The van der Waals surface area contributed by atoms with Gasteiger partial charge in [0.25, 0.3) is 0 Å². The number of para-hydroxylation sites is 1. The second-order valence-electron chi connectivity index (χ2n) is 5.40. The lowest BCUT2D eigenvalue weighted by molar-refractivity contribution is 0.342. The number of fused-ring (bicyclic) bond motifs is 2. The monoisotopic (exact) mass is 294 g/mol. The van der Waals surface area contributed by atoms with Gasteiger partial charge in [0, 0.05) is 17.3 Å². The Morgan fingerprint density at radius 3 is 2.73 bits per heavy atom. The maximum absolute atomic E-state index is 5.80. The zero-order valence-corrected chi connectivity index (χ0v) is 13.2. The second kappa shape index (κ2) is 6.65. The first kappa shape index (κ1) is 14.6. The molecule has 0 atom stereocenters. The molecule has 3 rings (SSSR count). The summed E-state index contributed by atoms with van der Waals surface area (Å²) in [5, 5.41) is 5.82. The molecule has 22 heavy (non-hydrogen) atoms. The summed E-state index contributed by atoms with van der Waals surface area (Å²) in [6.45, 7) is 5.82. The number of hydrogen-bond donors (Lipinski definition) is 1. The van der Waals surface area contributed by atoms with E-state index < -0.39 is 0 Å². The van der Waals surface area contributed by atoms with Crippen molar-refractivity contribution in [3.05, 3.63) is 42.5 Å². The lowest BCUT2D eigenvalue weighted by Gasteiger charge is -2.15. The molecule has 0 amide bonds. The van der Waals surface area contributed by atoms with Crippen molar-refractivity contribution in [2.45, 2.75) is 26.7 Å². The van der Waals surface area contributed by atoms with Crippen LogP contribution in [0.15, 0.2) is 42.5 Å². The van der Waals surface area contributed by atoms with Gasteiger partial charge in [-0.3, -0.25) is 0 Å². The smallest absolute Gasteiger partial charge is 0.143 e. The fraction of sp³-hybridized carbons (Fsp3) is 0.316. The lowest BCUT2D eigenvalue weighted by atomic mass is 10.1. The van der Waals surface area contributed by atoms with Crippen LogP contribution >= 0.6 is 0 Å². The number of ether oxygens (including phenoxy) is 1. The zero-order chi connectivity index (χ0) is 15.4. The summed E-state index contributed by atoms with van der Waals surface area (Å²) in [6, 6.07) is 14.5. The largest absolute Gasteiger partial charge is 0.492 e. The van der Waals surface area contributed by atoms with Gasteiger partial charge in [-0.15, -0.1) is 0 Å². The average molecular weight is 294 g/mol. The van der Waals surface area contributed by atoms with E-state index in [9.17, 15) is 0 Å². The van der Waals surface area contributed by atoms with Gasteiger partial charge >= 0.3 is 0 Å². The molecular weight excluding hydrogens is 272 g/mol. The van der Waals surface area contributed by atoms with Gasteiger partial charge < -0.3 is 10.1 Å². The molecule has 2 aromatic carbocycles. The minimum Gasteiger partial charge on any atom is -0.492 e. The van der Waals surface area contributed by atoms with Crippen molar-refractivity contribution in [2.75, 3.05) is 18.5 Å². The molecule has 3 heteroatoms. The van der Waals surface area contributed by atoms with Gasteiger partial charge in [-0.2, -0.15) is 0 Å². The van der Waals surface area contributed by atoms with Crippen molar-refractivity contribution < 1.29 is 4.74 Å². The van der Waals surface area contributed by atoms with Crippen molar-refractivity contribution in [1.29, 1.82) is 0 Å². The Labute approximate surface area is 131 Å². The third-order valence-corrected chi connectivity index (χ3v) is 3.79. The minimum atomic E-state index is 0.662. The Balaban J connectivity index is 2.15. The second-order valence-corrected chi connectivity index (χ2v) is 5.40. The van der Waals surface area contributed by atoms with Crippen LogP contribution < -0.4 is 10.1 Å². The average Bonchev–Trinajstić information content (AvgIpc) is 2.55. The first-order valence-electron chi connectivity index (χ1n) is 8.02. The quantitative estimate of drug-likeness (QED) is 0.513. The molecule has 0 saturated carbocycles. The van der Waals surface area contributed by atoms with Crippen LogP contribution in [0.25, 0.3) is 21.8 Å². The van der Waals surface area contributed by atoms with Crippen LogP contribution in [0.4, 0.5) is 5.69 Å². The highest BCUT2D eigenvalue weighted by Gasteiger charge is 2.10. The highest BCUT2D eigenvalue weighted by molar-refractivity contribution is 6.01. The van der Waals surface area contributed by atoms with Gasteiger partial charge in [0.1, 0.15) is 5.75 Å². The summed E-state index contributed by atoms with van der Waals surface area (Å²) in [7, 11) is 0. The Hall–Kier alpha value is -2.29. The van der Waals surface area contributed by atoms with Gasteiger partial charge in [0.15, 0.2) is 0 Å². The van der Waals surface area contributed by atoms with Crippen molar-refractivity contribution in [3.8, 4) is 5.75 Å². The van der Waals surface area contributed by atoms with Gasteiger partial charge in [-0.1, -0.05) is 31.5 Å². The van der Waals surface area contributed by atoms with Crippen LogP contribution in [0.3, 0.4) is 0 Å². The first-order valence-corrected chi connectivity index (χ1v) is 8.02. The molecule has 0 radical (unpaired) electrons. The molecule has 114 valence electrons. The predicted octanol–water partition coefficient (Wildman–Crippen LogP) is 5.00. The third-order valence-electron chi connectivity index (χ3n) is 3.79. The highest BCUT2D eigenvalue weighted by Crippen LogP contribution is 2.34. The number of benzene rings is 2. The van der Waals surface area contributed by atoms with E-state index in [1.165, 1.54) is 6.42 Å². The predicted molar refractivity (Wildman–Crippen MR) is 93.8 cm³/mol. The van der Waals surface area contributed by atoms with E-state index in [4.69, 9.17) is 9.72 Å². The lowest BCUT2D eigenvalue weighted by Crippen LogP contribution is -2.05. The first-order chi connectivity index (χ1) is 10.8. The number of hydrogen-bond acceptors (Lipinski definition) is 3. The molecular formula is C19H22N2O. The molecule has 3 aromatic rings. The summed E-state index contributed by atoms with van der Waals surface area (Å²) < 4.78 is 5.80. The standard InChI is InChI=1S/C19H22N2O/c1-3-5-12-20-19-15-13-14-8-6-7-9-16(14)21-17(15)10-11-18(19)22-4-2/h6-11,13,20H,3-5,12H2,1-2H3. The Kier molecular flexibility index (Phi) is 4.42. The maximum atomic E-state index is 5.80. The van der Waals surface area contributed by atoms with Crippen LogP contribution in [0, 0.1) is 0 Å². The molecule has 0 bridgehead atoms. The van der Waals surface area contributed by atoms with Crippen LogP contribution in [-0.2, 0) is 0 Å². The molecule has 3 nitrogen and oxygen atoms in total. The number of nitrogens with zero attached hydrogens (tertiary/aromatic N) is 1. The molecule has 1 aromatic heterocycles. The molecule has 0 aliphatic carbocycles. The number of anilines is 1. The number of aromatic nitrogens is 1. The van der Waals surface area contributed by atoms with Crippen molar-refractivity contribution in [3.63, 3.8) is 0 Å². The summed E-state index contributed by atoms with van der Waals surface area (Å²) in [6.07, 6.45) is 2.31. The van der Waals surface area contributed by atoms with E-state index in [0.717, 1.165) is 46.2 Å². The molecule has 0 unspecified atom stereocenters. The van der Waals surface area contributed by atoms with Gasteiger partial charge in [0.05, 0.1) is 23.3 Å². The number of unbranched alkanes of at least 4 members (excludes halogenated alkanes) is 1. The van der Waals surface area contributed by atoms with Crippen LogP contribution in [0.2, 0.25) is 0 Å². The fourth-order valence-electron chi connectivity index (χ4n) is 2.68. The Bertz CT molecular complexity index is 783. The Morgan fingerprint density at radius 2 is 1.91 bits per heavy atom. The third kappa shape index (κ3) is 2.84. The minimum absolute atomic E-state index is 0.662. The van der Waals surface area contributed by atoms with E-state index in [0.29, 0.717) is 6.61 Å². The molecule has 0 fully saturated rings. The van der Waals surface area contributed by atoms with Crippen molar-refractivity contribution in [2.24, 2.45) is 0 Å². The summed E-state index contributed by atoms with van der Waals surface area (Å²) in [5.74, 6) is 0.906. The van der Waals surface area contributed by atoms with Crippen molar-refractivity contribution in [1.82, 2.24) is 4.98 Å².